The number of nitrogens with one attached hydrogen (secondary N) is 1. The summed E-state index contributed by atoms with van der Waals surface area (Å²) in [5, 5.41) is 3.01. The van der Waals surface area contributed by atoms with Gasteiger partial charge in [-0.1, -0.05) is 0 Å². The average molecular weight is 300 g/mol. The Labute approximate surface area is 105 Å². The number of fused-ring (bicyclic) bond motifs is 1. The highest BCUT2D eigenvalue weighted by molar-refractivity contribution is 9.10. The van der Waals surface area contributed by atoms with E-state index in [2.05, 4.69) is 36.0 Å². The number of nitrogens with zero attached hydrogens (tertiary/aromatic N) is 3. The minimum absolute atomic E-state index is 0.177. The molecule has 2 heterocycles. The molecule has 2 aromatic rings. The number of aromatic nitrogens is 3. The lowest BCUT2D eigenvalue weighted by Crippen LogP contribution is -2.19. The summed E-state index contributed by atoms with van der Waals surface area (Å²) in [4.78, 5) is 18.8. The van der Waals surface area contributed by atoms with Gasteiger partial charge in [-0.3, -0.25) is 0 Å². The number of ether oxygens (including phenoxy) is 1. The summed E-state index contributed by atoms with van der Waals surface area (Å²) in [6.45, 7) is 0.589. The molecule has 0 aromatic carbocycles. The maximum Gasteiger partial charge on any atom is 0.404 e. The molecule has 0 unspecified atom stereocenters. The third-order valence-electron chi connectivity index (χ3n) is 1.98. The van der Waals surface area contributed by atoms with Crippen LogP contribution in [-0.4, -0.2) is 33.6 Å². The molecule has 0 saturated carbocycles. The number of amides is 1. The Hall–Kier alpha value is -1.83. The molecule has 0 aliphatic carbocycles. The molecule has 0 bridgehead atoms. The second kappa shape index (κ2) is 5.00. The first-order valence-corrected chi connectivity index (χ1v) is 5.61. The van der Waals surface area contributed by atoms with E-state index in [9.17, 15) is 4.79 Å². The fourth-order valence-corrected chi connectivity index (χ4v) is 1.74. The van der Waals surface area contributed by atoms with Crippen LogP contribution in [0.25, 0.3) is 5.65 Å². The van der Waals surface area contributed by atoms with Crippen LogP contribution in [0.1, 0.15) is 0 Å². The van der Waals surface area contributed by atoms with Gasteiger partial charge in [0.1, 0.15) is 11.2 Å². The summed E-state index contributed by atoms with van der Waals surface area (Å²) in [5.74, 6) is 0.609. The molecular formula is C9H10BrN5O2. The Kier molecular flexibility index (Phi) is 3.43. The molecular weight excluding hydrogens is 290 g/mol. The molecule has 0 radical (unpaired) electrons. The molecule has 7 nitrogen and oxygen atoms in total. The predicted molar refractivity (Wildman–Crippen MR) is 64.7 cm³/mol. The quantitative estimate of drug-likeness (QED) is 0.821. The summed E-state index contributed by atoms with van der Waals surface area (Å²) >= 11 is 3.30. The first kappa shape index (κ1) is 11.6. The van der Waals surface area contributed by atoms with Crippen molar-refractivity contribution < 1.29 is 9.53 Å². The number of rotatable bonds is 4. The first-order chi connectivity index (χ1) is 8.16. The molecule has 0 aliphatic rings. The lowest BCUT2D eigenvalue weighted by Gasteiger charge is -2.07. The van der Waals surface area contributed by atoms with Gasteiger partial charge in [0.05, 0.1) is 6.54 Å². The van der Waals surface area contributed by atoms with E-state index in [-0.39, 0.29) is 6.61 Å². The number of imidazole rings is 1. The normalized spacial score (nSPS) is 10.4. The smallest absolute Gasteiger partial charge is 0.404 e. The van der Waals surface area contributed by atoms with Gasteiger partial charge in [0, 0.05) is 18.6 Å². The van der Waals surface area contributed by atoms with Gasteiger partial charge in [0.2, 0.25) is 0 Å². The van der Waals surface area contributed by atoms with Gasteiger partial charge in [-0.05, 0) is 15.9 Å². The van der Waals surface area contributed by atoms with E-state index in [0.717, 1.165) is 0 Å². The SMILES string of the molecule is NC(=O)OCCNc1nc(Br)cn2ccnc12. The number of hydrogen-bond acceptors (Lipinski definition) is 5. The van der Waals surface area contributed by atoms with Crippen molar-refractivity contribution in [2.75, 3.05) is 18.5 Å². The van der Waals surface area contributed by atoms with Crippen molar-refractivity contribution in [2.45, 2.75) is 0 Å². The van der Waals surface area contributed by atoms with Crippen LogP contribution in [0.2, 0.25) is 0 Å². The van der Waals surface area contributed by atoms with Crippen LogP contribution in [0.5, 0.6) is 0 Å². The summed E-state index contributed by atoms with van der Waals surface area (Å²) in [6, 6.07) is 0. The molecule has 0 fully saturated rings. The van der Waals surface area contributed by atoms with Crippen molar-refractivity contribution in [3.8, 4) is 0 Å². The minimum atomic E-state index is -0.792. The number of halogens is 1. The fourth-order valence-electron chi connectivity index (χ4n) is 1.34. The van der Waals surface area contributed by atoms with Gasteiger partial charge < -0.3 is 20.2 Å². The topological polar surface area (TPSA) is 94.5 Å². The van der Waals surface area contributed by atoms with Crippen LogP contribution in [0.4, 0.5) is 10.6 Å². The largest absolute Gasteiger partial charge is 0.448 e. The zero-order chi connectivity index (χ0) is 12.3. The lowest BCUT2D eigenvalue weighted by molar-refractivity contribution is 0.161. The molecule has 0 atom stereocenters. The predicted octanol–water partition coefficient (Wildman–Crippen LogP) is 0.999. The van der Waals surface area contributed by atoms with E-state index in [1.807, 2.05) is 10.6 Å². The van der Waals surface area contributed by atoms with Gasteiger partial charge in [0.25, 0.3) is 0 Å². The summed E-state index contributed by atoms with van der Waals surface area (Å²) < 4.78 is 7.11. The molecule has 2 rings (SSSR count). The van der Waals surface area contributed by atoms with Gasteiger partial charge >= 0.3 is 6.09 Å². The number of anilines is 1. The third-order valence-corrected chi connectivity index (χ3v) is 2.37. The standard InChI is InChI=1S/C9H10BrN5O2/c10-6-5-15-3-1-13-8(15)7(14-6)12-2-4-17-9(11)16/h1,3,5H,2,4H2,(H2,11,16)(H,12,14). The van der Waals surface area contributed by atoms with Crippen molar-refractivity contribution in [3.05, 3.63) is 23.2 Å². The number of nitrogens with two attached hydrogens (primary N) is 1. The highest BCUT2D eigenvalue weighted by atomic mass is 79.9. The Balaban J connectivity index is 2.07. The number of hydrogen-bond donors (Lipinski definition) is 2. The van der Waals surface area contributed by atoms with Gasteiger partial charge in [0.15, 0.2) is 11.5 Å². The average Bonchev–Trinajstić information content (AvgIpc) is 2.71. The molecule has 0 spiro atoms. The van der Waals surface area contributed by atoms with Crippen LogP contribution in [-0.2, 0) is 4.74 Å². The zero-order valence-electron chi connectivity index (χ0n) is 8.76. The van der Waals surface area contributed by atoms with Crippen LogP contribution < -0.4 is 11.1 Å². The van der Waals surface area contributed by atoms with Gasteiger partial charge in [-0.2, -0.15) is 0 Å². The van der Waals surface area contributed by atoms with Crippen LogP contribution >= 0.6 is 15.9 Å². The molecule has 1 amide bonds. The fraction of sp³-hybridized carbons (Fsp3) is 0.222. The third kappa shape index (κ3) is 2.84. The molecule has 0 aliphatic heterocycles. The van der Waals surface area contributed by atoms with E-state index in [1.54, 1.807) is 12.4 Å². The molecule has 90 valence electrons. The van der Waals surface area contributed by atoms with Gasteiger partial charge in [-0.15, -0.1) is 0 Å². The maximum atomic E-state index is 10.4. The second-order valence-corrected chi connectivity index (χ2v) is 3.98. The monoisotopic (exact) mass is 299 g/mol. The van der Waals surface area contributed by atoms with E-state index >= 15 is 0 Å². The van der Waals surface area contributed by atoms with Crippen molar-refractivity contribution >= 4 is 33.5 Å². The minimum Gasteiger partial charge on any atom is -0.448 e. The van der Waals surface area contributed by atoms with Crippen LogP contribution in [0, 0.1) is 0 Å². The van der Waals surface area contributed by atoms with Crippen molar-refractivity contribution in [2.24, 2.45) is 5.73 Å². The Morgan fingerprint density at radius 2 is 2.47 bits per heavy atom. The summed E-state index contributed by atoms with van der Waals surface area (Å²) in [6.07, 6.45) is 4.49. The van der Waals surface area contributed by atoms with Crippen molar-refractivity contribution in [3.63, 3.8) is 0 Å². The van der Waals surface area contributed by atoms with E-state index in [1.165, 1.54) is 0 Å². The van der Waals surface area contributed by atoms with Crippen molar-refractivity contribution in [1.29, 1.82) is 0 Å². The molecule has 8 heteroatoms. The van der Waals surface area contributed by atoms with E-state index in [4.69, 9.17) is 5.73 Å². The molecule has 0 saturated heterocycles. The van der Waals surface area contributed by atoms with E-state index in [0.29, 0.717) is 22.6 Å². The number of carbonyl (C=O) groups is 1. The Bertz CT molecular complexity index is 541. The molecule has 17 heavy (non-hydrogen) atoms. The van der Waals surface area contributed by atoms with Crippen molar-refractivity contribution in [1.82, 2.24) is 14.4 Å². The Morgan fingerprint density at radius 1 is 1.65 bits per heavy atom. The lowest BCUT2D eigenvalue weighted by atomic mass is 10.5. The van der Waals surface area contributed by atoms with E-state index < -0.39 is 6.09 Å². The first-order valence-electron chi connectivity index (χ1n) is 4.82. The zero-order valence-corrected chi connectivity index (χ0v) is 10.3. The number of carbonyl (C=O) groups excluding carboxylic acids is 1. The number of primary amides is 1. The summed E-state index contributed by atoms with van der Waals surface area (Å²) in [5.41, 5.74) is 5.54. The molecule has 3 N–H and O–H groups in total. The second-order valence-electron chi connectivity index (χ2n) is 3.16. The van der Waals surface area contributed by atoms with Crippen LogP contribution in [0.3, 0.4) is 0 Å². The van der Waals surface area contributed by atoms with Crippen LogP contribution in [0.15, 0.2) is 23.2 Å². The Morgan fingerprint density at radius 3 is 3.24 bits per heavy atom. The highest BCUT2D eigenvalue weighted by Crippen LogP contribution is 2.16. The maximum absolute atomic E-state index is 10.4. The summed E-state index contributed by atoms with van der Waals surface area (Å²) in [7, 11) is 0. The molecule has 2 aromatic heterocycles. The highest BCUT2D eigenvalue weighted by Gasteiger charge is 2.05. The van der Waals surface area contributed by atoms with Gasteiger partial charge in [-0.25, -0.2) is 14.8 Å².